The minimum atomic E-state index is -0.310. The summed E-state index contributed by atoms with van der Waals surface area (Å²) in [6.45, 7) is 4.86. The van der Waals surface area contributed by atoms with E-state index in [1.54, 1.807) is 0 Å². The topological polar surface area (TPSA) is 98.1 Å². The highest BCUT2D eigenvalue weighted by atomic mass is 14.9. The number of nitrogens with zero attached hydrogens (tertiary/aromatic N) is 6. The van der Waals surface area contributed by atoms with Gasteiger partial charge in [-0.2, -0.15) is 10.5 Å². The molecule has 6 heteroatoms. The lowest BCUT2D eigenvalue weighted by atomic mass is 9.77. The van der Waals surface area contributed by atoms with Crippen molar-refractivity contribution < 1.29 is 0 Å². The van der Waals surface area contributed by atoms with Gasteiger partial charge in [-0.25, -0.2) is 15.0 Å². The standard InChI is InChI=1S/C49H38N6/c1-49(2,41-27-23-35(24-28-41)34-52-47(39-19-11-5-12-20-39)53-44(31-32-50)36-15-7-3-8-16-36)42-29-25-38(26-30-42)46-43(33-51)45(37-17-9-4-10-18-37)54-48(55-46)40-21-13-6-14-22-40/h3-30H,31,34H2,1-2H3. The molecule has 0 saturated carbocycles. The van der Waals surface area contributed by atoms with E-state index in [1.807, 2.05) is 121 Å². The quantitative estimate of drug-likeness (QED) is 0.104. The number of amidine groups is 1. The molecular formula is C49H38N6. The van der Waals surface area contributed by atoms with E-state index in [0.29, 0.717) is 40.9 Å². The van der Waals surface area contributed by atoms with Crippen LogP contribution in [0.3, 0.4) is 0 Å². The lowest BCUT2D eigenvalue weighted by molar-refractivity contribution is 0.640. The Balaban J connectivity index is 1.17. The molecule has 55 heavy (non-hydrogen) atoms. The Hall–Kier alpha value is -7.28. The molecule has 0 bridgehead atoms. The Morgan fingerprint density at radius 2 is 1.04 bits per heavy atom. The largest absolute Gasteiger partial charge is 0.261 e. The maximum atomic E-state index is 10.4. The highest BCUT2D eigenvalue weighted by molar-refractivity contribution is 6.13. The van der Waals surface area contributed by atoms with Crippen LogP contribution in [0, 0.1) is 22.7 Å². The van der Waals surface area contributed by atoms with Gasteiger partial charge in [0.1, 0.15) is 11.6 Å². The van der Waals surface area contributed by atoms with E-state index in [0.717, 1.165) is 44.5 Å². The first-order valence-electron chi connectivity index (χ1n) is 18.2. The van der Waals surface area contributed by atoms with E-state index in [1.165, 1.54) is 0 Å². The molecule has 6 nitrogen and oxygen atoms in total. The summed E-state index contributed by atoms with van der Waals surface area (Å²) < 4.78 is 0. The van der Waals surface area contributed by atoms with E-state index >= 15 is 0 Å². The molecule has 0 N–H and O–H groups in total. The molecule has 0 radical (unpaired) electrons. The molecule has 7 rings (SSSR count). The number of hydrogen-bond acceptors (Lipinski definition) is 5. The predicted molar refractivity (Wildman–Crippen MR) is 222 cm³/mol. The summed E-state index contributed by atoms with van der Waals surface area (Å²) in [6, 6.07) is 60.9. The first kappa shape index (κ1) is 36.1. The van der Waals surface area contributed by atoms with Crippen molar-refractivity contribution in [3.63, 3.8) is 0 Å². The third-order valence-electron chi connectivity index (χ3n) is 9.69. The number of nitriles is 2. The second-order valence-corrected chi connectivity index (χ2v) is 13.6. The molecule has 7 aromatic rings. The Morgan fingerprint density at radius 3 is 1.56 bits per heavy atom. The fraction of sp³-hybridized carbons (Fsp3) is 0.102. The minimum Gasteiger partial charge on any atom is -0.261 e. The van der Waals surface area contributed by atoms with E-state index < -0.39 is 0 Å². The third-order valence-corrected chi connectivity index (χ3v) is 9.69. The Bertz CT molecular complexity index is 2530. The Morgan fingerprint density at radius 1 is 0.564 bits per heavy atom. The SMILES string of the molecule is CC(C)(c1ccc(CN=C(N=C(CC#N)c2ccccc2)c2ccccc2)cc1)c1ccc(-c2nc(-c3ccccc3)nc(-c3ccccc3)c2C#N)cc1. The average molecular weight is 711 g/mol. The van der Waals surface area contributed by atoms with Crippen LogP contribution in [0.1, 0.15) is 53.6 Å². The number of aliphatic imine (C=N–C) groups is 2. The van der Waals surface area contributed by atoms with E-state index in [2.05, 4.69) is 74.5 Å². The van der Waals surface area contributed by atoms with Crippen molar-refractivity contribution in [2.45, 2.75) is 32.2 Å². The molecular weight excluding hydrogens is 673 g/mol. The van der Waals surface area contributed by atoms with Crippen LogP contribution >= 0.6 is 0 Å². The van der Waals surface area contributed by atoms with Crippen LogP contribution in [0.5, 0.6) is 0 Å². The van der Waals surface area contributed by atoms with Crippen molar-refractivity contribution >= 4 is 11.5 Å². The maximum absolute atomic E-state index is 10.4. The first-order valence-corrected chi connectivity index (χ1v) is 18.2. The van der Waals surface area contributed by atoms with Crippen molar-refractivity contribution in [1.29, 1.82) is 10.5 Å². The monoisotopic (exact) mass is 710 g/mol. The molecule has 0 aliphatic heterocycles. The van der Waals surface area contributed by atoms with Crippen molar-refractivity contribution in [2.75, 3.05) is 0 Å². The normalized spacial score (nSPS) is 11.8. The zero-order valence-corrected chi connectivity index (χ0v) is 30.8. The molecule has 0 amide bonds. The molecule has 0 aliphatic carbocycles. The lowest BCUT2D eigenvalue weighted by Gasteiger charge is -2.26. The molecule has 0 aliphatic rings. The third kappa shape index (κ3) is 8.20. The van der Waals surface area contributed by atoms with E-state index in [4.69, 9.17) is 20.0 Å². The number of aromatic nitrogens is 2. The molecule has 0 fully saturated rings. The van der Waals surface area contributed by atoms with Crippen LogP contribution in [0.2, 0.25) is 0 Å². The van der Waals surface area contributed by atoms with Crippen molar-refractivity contribution in [3.8, 4) is 46.0 Å². The van der Waals surface area contributed by atoms with E-state index in [9.17, 15) is 10.5 Å². The molecule has 6 aromatic carbocycles. The second kappa shape index (κ2) is 16.6. The summed E-state index contributed by atoms with van der Waals surface area (Å²) in [5.41, 5.74) is 9.79. The van der Waals surface area contributed by atoms with Gasteiger partial charge in [-0.1, -0.05) is 184 Å². The van der Waals surface area contributed by atoms with Gasteiger partial charge in [-0.3, -0.25) is 4.99 Å². The summed E-state index contributed by atoms with van der Waals surface area (Å²) in [7, 11) is 0. The molecule has 0 saturated heterocycles. The molecule has 264 valence electrons. The Labute approximate surface area is 322 Å². The smallest absolute Gasteiger partial charge is 0.160 e. The molecule has 0 atom stereocenters. The van der Waals surface area contributed by atoms with Gasteiger partial charge in [0, 0.05) is 27.7 Å². The van der Waals surface area contributed by atoms with Crippen LogP contribution in [0.25, 0.3) is 33.9 Å². The molecule has 0 unspecified atom stereocenters. The lowest BCUT2D eigenvalue weighted by Crippen LogP contribution is -2.18. The van der Waals surface area contributed by atoms with Crippen LogP contribution in [0.15, 0.2) is 180 Å². The zero-order chi connectivity index (χ0) is 38.0. The Kier molecular flexibility index (Phi) is 10.9. The van der Waals surface area contributed by atoms with Crippen LogP contribution in [-0.4, -0.2) is 21.5 Å². The fourth-order valence-corrected chi connectivity index (χ4v) is 6.52. The van der Waals surface area contributed by atoms with Crippen LogP contribution in [0.4, 0.5) is 0 Å². The summed E-state index contributed by atoms with van der Waals surface area (Å²) in [4.78, 5) is 19.7. The highest BCUT2D eigenvalue weighted by Gasteiger charge is 2.24. The van der Waals surface area contributed by atoms with Crippen molar-refractivity contribution in [1.82, 2.24) is 9.97 Å². The van der Waals surface area contributed by atoms with Gasteiger partial charge in [-0.15, -0.1) is 0 Å². The zero-order valence-electron chi connectivity index (χ0n) is 30.8. The summed E-state index contributed by atoms with van der Waals surface area (Å²) in [5.74, 6) is 1.16. The number of rotatable bonds is 10. The fourth-order valence-electron chi connectivity index (χ4n) is 6.52. The van der Waals surface area contributed by atoms with Crippen molar-refractivity contribution in [3.05, 3.63) is 203 Å². The number of hydrogen-bond donors (Lipinski definition) is 0. The summed E-state index contributed by atoms with van der Waals surface area (Å²) >= 11 is 0. The van der Waals surface area contributed by atoms with Gasteiger partial charge in [0.05, 0.1) is 36.1 Å². The molecule has 0 spiro atoms. The molecule has 1 heterocycles. The van der Waals surface area contributed by atoms with Gasteiger partial charge >= 0.3 is 0 Å². The van der Waals surface area contributed by atoms with Crippen LogP contribution in [-0.2, 0) is 12.0 Å². The summed E-state index contributed by atoms with van der Waals surface area (Å²) in [6.07, 6.45) is 0.183. The average Bonchev–Trinajstić information content (AvgIpc) is 3.25. The first-order chi connectivity index (χ1) is 26.9. The minimum absolute atomic E-state index is 0.183. The second-order valence-electron chi connectivity index (χ2n) is 13.6. The van der Waals surface area contributed by atoms with Crippen molar-refractivity contribution in [2.24, 2.45) is 9.98 Å². The van der Waals surface area contributed by atoms with Crippen LogP contribution < -0.4 is 0 Å². The van der Waals surface area contributed by atoms with Gasteiger partial charge in [0.15, 0.2) is 11.7 Å². The molecule has 1 aromatic heterocycles. The van der Waals surface area contributed by atoms with Gasteiger partial charge in [-0.05, 0) is 22.3 Å². The van der Waals surface area contributed by atoms with E-state index in [-0.39, 0.29) is 11.8 Å². The van der Waals surface area contributed by atoms with Gasteiger partial charge < -0.3 is 0 Å². The number of benzene rings is 6. The van der Waals surface area contributed by atoms with Gasteiger partial charge in [0.2, 0.25) is 0 Å². The van der Waals surface area contributed by atoms with Gasteiger partial charge in [0.25, 0.3) is 0 Å². The predicted octanol–water partition coefficient (Wildman–Crippen LogP) is 11.0. The highest BCUT2D eigenvalue weighted by Crippen LogP contribution is 2.36. The maximum Gasteiger partial charge on any atom is 0.160 e. The summed E-state index contributed by atoms with van der Waals surface area (Å²) in [5, 5.41) is 20.0.